The summed E-state index contributed by atoms with van der Waals surface area (Å²) in [5.41, 5.74) is 2.02. The minimum Gasteiger partial charge on any atom is -0.252 e. The van der Waals surface area contributed by atoms with E-state index in [1.165, 1.54) is 61.3 Å². The average Bonchev–Trinajstić information content (AvgIpc) is 3.19. The largest absolute Gasteiger partial charge is 0.338 e. The number of benzene rings is 2. The van der Waals surface area contributed by atoms with Crippen molar-refractivity contribution in [1.82, 2.24) is 0 Å². The molecule has 2 aromatic rings. The molecule has 0 spiro atoms. The van der Waals surface area contributed by atoms with Gasteiger partial charge in [-0.05, 0) is 66.0 Å². The van der Waals surface area contributed by atoms with Gasteiger partial charge in [0.1, 0.15) is 12.6 Å². The summed E-state index contributed by atoms with van der Waals surface area (Å²) in [5.74, 6) is 2.77. The van der Waals surface area contributed by atoms with Gasteiger partial charge in [-0.3, -0.25) is 4.48 Å². The Morgan fingerprint density at radius 3 is 2.62 bits per heavy atom. The van der Waals surface area contributed by atoms with E-state index in [4.69, 9.17) is 0 Å². The van der Waals surface area contributed by atoms with Gasteiger partial charge in [-0.2, -0.15) is 0 Å². The summed E-state index contributed by atoms with van der Waals surface area (Å²) in [4.78, 5) is 13.5. The van der Waals surface area contributed by atoms with E-state index in [0.717, 1.165) is 24.3 Å². The minimum absolute atomic E-state index is 0.125. The highest BCUT2D eigenvalue weighted by molar-refractivity contribution is 5.86. The summed E-state index contributed by atoms with van der Waals surface area (Å²) in [7, 11) is 2.24. The van der Waals surface area contributed by atoms with E-state index in [9.17, 15) is 4.79 Å². The van der Waals surface area contributed by atoms with E-state index in [0.29, 0.717) is 21.8 Å². The fourth-order valence-electron chi connectivity index (χ4n) is 9.04. The number of rotatable bonds is 2. The number of carbonyl (C=O) groups excluding carboxylic acids is 1. The molecule has 2 aromatic carbocycles. The standard InChI is InChI=1S/C30H38NO/c1-29-17-7-12-25(29)24-13-14-27-30(2,26(24)15-18-29)19-16-28(32)31(27,3)20-22-10-6-9-21-8-4-5-11-23(21)22/h4-6,8-11,16,19,24-27H,7,12-15,17-18,20H2,1-3H3/q+1/t24-,25-,26-,27+,29-,30+,31?/m0/s1. The monoisotopic (exact) mass is 428 g/mol. The molecule has 32 heavy (non-hydrogen) atoms. The Morgan fingerprint density at radius 2 is 1.75 bits per heavy atom. The Hall–Kier alpha value is -1.93. The smallest absolute Gasteiger partial charge is 0.252 e. The molecule has 1 aliphatic heterocycles. The fourth-order valence-corrected chi connectivity index (χ4v) is 9.04. The van der Waals surface area contributed by atoms with Gasteiger partial charge in [0.05, 0.1) is 7.05 Å². The van der Waals surface area contributed by atoms with Gasteiger partial charge in [0.25, 0.3) is 0 Å². The van der Waals surface area contributed by atoms with Gasteiger partial charge in [-0.1, -0.05) is 68.8 Å². The minimum atomic E-state index is 0.125. The van der Waals surface area contributed by atoms with Crippen LogP contribution in [0, 0.1) is 28.6 Å². The second-order valence-corrected chi connectivity index (χ2v) is 12.2. The third-order valence-electron chi connectivity index (χ3n) is 10.7. The lowest BCUT2D eigenvalue weighted by Gasteiger charge is -2.60. The molecule has 168 valence electrons. The lowest BCUT2D eigenvalue weighted by molar-refractivity contribution is -0.882. The molecule has 3 saturated carbocycles. The first-order valence-electron chi connectivity index (χ1n) is 12.9. The molecule has 6 rings (SSSR count). The van der Waals surface area contributed by atoms with E-state index in [1.807, 2.05) is 6.08 Å². The summed E-state index contributed by atoms with van der Waals surface area (Å²) in [6.45, 7) is 5.88. The SMILES string of the molecule is C[C@@]12CCC[C@H]1[C@@H]1CC[C@@H]3[C@](C)(C=CC(=O)[N+]3(C)Cc3cccc4ccccc34)[C@H]1CC2. The van der Waals surface area contributed by atoms with Crippen molar-refractivity contribution in [2.75, 3.05) is 7.05 Å². The topological polar surface area (TPSA) is 17.1 Å². The molecule has 7 atom stereocenters. The zero-order valence-corrected chi connectivity index (χ0v) is 20.0. The van der Waals surface area contributed by atoms with Crippen molar-refractivity contribution < 1.29 is 9.28 Å². The van der Waals surface area contributed by atoms with Crippen molar-refractivity contribution in [3.8, 4) is 0 Å². The summed E-state index contributed by atoms with van der Waals surface area (Å²) in [5, 5.41) is 2.57. The van der Waals surface area contributed by atoms with Crippen LogP contribution in [0.5, 0.6) is 0 Å². The Labute approximate surface area is 193 Å². The molecule has 0 radical (unpaired) electrons. The van der Waals surface area contributed by atoms with E-state index < -0.39 is 0 Å². The number of hydrogen-bond acceptors (Lipinski definition) is 1. The van der Waals surface area contributed by atoms with Crippen LogP contribution in [0.3, 0.4) is 0 Å². The lowest BCUT2D eigenvalue weighted by Crippen LogP contribution is -2.67. The van der Waals surface area contributed by atoms with Crippen molar-refractivity contribution in [3.63, 3.8) is 0 Å². The molecule has 3 fully saturated rings. The van der Waals surface area contributed by atoms with Crippen LogP contribution in [-0.2, 0) is 11.3 Å². The number of nitrogens with zero attached hydrogens (tertiary/aromatic N) is 1. The predicted octanol–water partition coefficient (Wildman–Crippen LogP) is 6.88. The zero-order chi connectivity index (χ0) is 22.1. The van der Waals surface area contributed by atoms with Gasteiger partial charge < -0.3 is 0 Å². The lowest BCUT2D eigenvalue weighted by atomic mass is 9.48. The molecule has 0 saturated heterocycles. The van der Waals surface area contributed by atoms with Crippen LogP contribution < -0.4 is 0 Å². The van der Waals surface area contributed by atoms with Gasteiger partial charge in [0, 0.05) is 23.5 Å². The molecule has 1 heterocycles. The van der Waals surface area contributed by atoms with Crippen molar-refractivity contribution in [2.45, 2.75) is 71.4 Å². The number of fused-ring (bicyclic) bond motifs is 6. The van der Waals surface area contributed by atoms with Crippen LogP contribution in [0.1, 0.15) is 64.4 Å². The van der Waals surface area contributed by atoms with E-state index in [-0.39, 0.29) is 5.41 Å². The predicted molar refractivity (Wildman–Crippen MR) is 131 cm³/mol. The highest BCUT2D eigenvalue weighted by Gasteiger charge is 2.62. The number of quaternary nitrogens is 1. The number of carbonyl (C=O) groups is 1. The number of amides is 1. The molecule has 1 unspecified atom stereocenters. The fraction of sp³-hybridized carbons (Fsp3) is 0.567. The summed E-state index contributed by atoms with van der Waals surface area (Å²) in [6.07, 6.45) is 13.8. The highest BCUT2D eigenvalue weighted by Crippen LogP contribution is 2.64. The molecule has 2 nitrogen and oxygen atoms in total. The molecule has 2 heteroatoms. The van der Waals surface area contributed by atoms with Crippen LogP contribution in [0.15, 0.2) is 54.6 Å². The number of hydrogen-bond donors (Lipinski definition) is 0. The molecule has 3 aliphatic carbocycles. The maximum absolute atomic E-state index is 13.5. The van der Waals surface area contributed by atoms with E-state index in [2.05, 4.69) is 69.4 Å². The van der Waals surface area contributed by atoms with Gasteiger partial charge in [-0.25, -0.2) is 4.79 Å². The van der Waals surface area contributed by atoms with Gasteiger partial charge in [0.2, 0.25) is 0 Å². The van der Waals surface area contributed by atoms with Crippen LogP contribution in [0.4, 0.5) is 0 Å². The van der Waals surface area contributed by atoms with Crippen molar-refractivity contribution in [3.05, 3.63) is 60.2 Å². The Morgan fingerprint density at radius 1 is 0.938 bits per heavy atom. The normalized spacial score (nSPS) is 43.0. The first kappa shape index (κ1) is 20.7. The zero-order valence-electron chi connectivity index (χ0n) is 20.0. The maximum atomic E-state index is 13.5. The molecular formula is C30H38NO+. The molecule has 0 N–H and O–H groups in total. The molecule has 4 aliphatic rings. The van der Waals surface area contributed by atoms with Crippen molar-refractivity contribution in [1.29, 1.82) is 0 Å². The van der Waals surface area contributed by atoms with E-state index >= 15 is 0 Å². The molecular weight excluding hydrogens is 390 g/mol. The average molecular weight is 429 g/mol. The quantitative estimate of drug-likeness (QED) is 0.476. The van der Waals surface area contributed by atoms with Crippen LogP contribution in [-0.4, -0.2) is 23.5 Å². The second-order valence-electron chi connectivity index (χ2n) is 12.2. The van der Waals surface area contributed by atoms with Crippen molar-refractivity contribution in [2.24, 2.45) is 28.6 Å². The van der Waals surface area contributed by atoms with Crippen LogP contribution in [0.25, 0.3) is 10.8 Å². The first-order chi connectivity index (χ1) is 15.4. The molecule has 0 bridgehead atoms. The third-order valence-corrected chi connectivity index (χ3v) is 10.7. The van der Waals surface area contributed by atoms with Crippen molar-refractivity contribution >= 4 is 16.7 Å². The molecule has 1 amide bonds. The maximum Gasteiger partial charge on any atom is 0.338 e. The number of likely N-dealkylation sites (N-methyl/N-ethyl adjacent to an activating group) is 1. The summed E-state index contributed by atoms with van der Waals surface area (Å²) in [6, 6.07) is 15.6. The second kappa shape index (κ2) is 7.03. The van der Waals surface area contributed by atoms with Crippen LogP contribution >= 0.6 is 0 Å². The van der Waals surface area contributed by atoms with Gasteiger partial charge in [0.15, 0.2) is 0 Å². The first-order valence-corrected chi connectivity index (χ1v) is 12.9. The Kier molecular flexibility index (Phi) is 4.54. The highest BCUT2D eigenvalue weighted by atomic mass is 16.2. The summed E-state index contributed by atoms with van der Waals surface area (Å²) < 4.78 is 0.534. The van der Waals surface area contributed by atoms with E-state index in [1.54, 1.807) is 0 Å². The summed E-state index contributed by atoms with van der Waals surface area (Å²) >= 11 is 0. The molecule has 0 aromatic heterocycles. The van der Waals surface area contributed by atoms with Gasteiger partial charge >= 0.3 is 5.91 Å². The third kappa shape index (κ3) is 2.78. The van der Waals surface area contributed by atoms with Crippen LogP contribution in [0.2, 0.25) is 0 Å². The Bertz CT molecular complexity index is 1100. The van der Waals surface area contributed by atoms with Gasteiger partial charge in [-0.15, -0.1) is 0 Å². The Balaban J connectivity index is 1.38.